The normalized spacial score (nSPS) is 11.4. The molecule has 0 amide bonds. The first-order valence-corrected chi connectivity index (χ1v) is 14.9. The van der Waals surface area contributed by atoms with Gasteiger partial charge in [0.1, 0.15) is 34.7 Å². The molecule has 42 heavy (non-hydrogen) atoms. The van der Waals surface area contributed by atoms with Crippen LogP contribution in [0.2, 0.25) is 0 Å². The number of fused-ring (bicyclic) bond motifs is 2. The zero-order valence-corrected chi connectivity index (χ0v) is 27.0. The summed E-state index contributed by atoms with van der Waals surface area (Å²) in [7, 11) is 0. The fourth-order valence-electron chi connectivity index (χ4n) is 4.90. The molecule has 6 rings (SSSR count). The Morgan fingerprint density at radius 3 is 1.55 bits per heavy atom. The number of benzene rings is 4. The van der Waals surface area contributed by atoms with Gasteiger partial charge in [-0.05, 0) is 72.5 Å². The Morgan fingerprint density at radius 2 is 1.14 bits per heavy atom. The van der Waals surface area contributed by atoms with E-state index in [0.29, 0.717) is 19.6 Å². The number of carboxylic acids is 1. The van der Waals surface area contributed by atoms with Crippen molar-refractivity contribution in [2.24, 2.45) is 0 Å². The molecule has 4 aromatic carbocycles. The molecular formula is C33H27N2NaO4S2. The minimum absolute atomic E-state index is 0. The fourth-order valence-corrected chi connectivity index (χ4v) is 6.66. The summed E-state index contributed by atoms with van der Waals surface area (Å²) in [4.78, 5) is 20.7. The van der Waals surface area contributed by atoms with Crippen molar-refractivity contribution < 1.29 is 48.9 Å². The average Bonchev–Trinajstić information content (AvgIpc) is 3.62. The minimum atomic E-state index is -1.07. The number of hydrogen-bond acceptors (Lipinski definition) is 8. The molecule has 0 saturated carbocycles. The van der Waals surface area contributed by atoms with Crippen LogP contribution in [-0.2, 0) is 23.4 Å². The van der Waals surface area contributed by atoms with Crippen LogP contribution in [0.4, 0.5) is 0 Å². The zero-order chi connectivity index (χ0) is 28.2. The van der Waals surface area contributed by atoms with Gasteiger partial charge in [0.25, 0.3) is 0 Å². The Labute approximate surface area is 274 Å². The molecule has 0 aliphatic rings. The van der Waals surface area contributed by atoms with E-state index in [0.717, 1.165) is 53.1 Å². The molecule has 206 valence electrons. The van der Waals surface area contributed by atoms with Gasteiger partial charge in [-0.2, -0.15) is 0 Å². The summed E-state index contributed by atoms with van der Waals surface area (Å²) < 4.78 is 14.3. The first-order chi connectivity index (χ1) is 20.0. The van der Waals surface area contributed by atoms with Crippen molar-refractivity contribution in [3.05, 3.63) is 118 Å². The van der Waals surface area contributed by atoms with Crippen LogP contribution in [0, 0.1) is 0 Å². The van der Waals surface area contributed by atoms with E-state index in [1.165, 1.54) is 0 Å². The summed E-state index contributed by atoms with van der Waals surface area (Å²) in [6.07, 6.45) is 0.343. The maximum absolute atomic E-state index is 11.4. The molecule has 0 aliphatic carbocycles. The minimum Gasteiger partial charge on any atom is -0.550 e. The van der Waals surface area contributed by atoms with E-state index in [-0.39, 0.29) is 36.0 Å². The number of carbonyl (C=O) groups is 1. The van der Waals surface area contributed by atoms with Crippen molar-refractivity contribution >= 4 is 49.1 Å². The monoisotopic (exact) mass is 602 g/mol. The second kappa shape index (κ2) is 13.4. The van der Waals surface area contributed by atoms with Gasteiger partial charge in [0.05, 0.1) is 20.4 Å². The predicted molar refractivity (Wildman–Crippen MR) is 161 cm³/mol. The van der Waals surface area contributed by atoms with Crippen LogP contribution < -0.4 is 44.1 Å². The van der Waals surface area contributed by atoms with E-state index in [4.69, 9.17) is 9.47 Å². The van der Waals surface area contributed by atoms with Gasteiger partial charge in [-0.25, -0.2) is 9.97 Å². The van der Waals surface area contributed by atoms with Crippen LogP contribution >= 0.6 is 22.7 Å². The fraction of sp³-hybridized carbons (Fsp3) is 0.182. The summed E-state index contributed by atoms with van der Waals surface area (Å²) in [6.45, 7) is 2.84. The molecule has 0 unspecified atom stereocenters. The number of hydrogen-bond donors (Lipinski definition) is 0. The Bertz CT molecular complexity index is 1610. The topological polar surface area (TPSA) is 84.4 Å². The summed E-state index contributed by atoms with van der Waals surface area (Å²) in [5, 5.41) is 13.3. The molecule has 2 heterocycles. The molecule has 0 N–H and O–H groups in total. The predicted octanol–water partition coefficient (Wildman–Crippen LogP) is 3.90. The summed E-state index contributed by atoms with van der Waals surface area (Å²) in [6, 6.07) is 31.8. The van der Waals surface area contributed by atoms with Gasteiger partial charge in [0.2, 0.25) is 0 Å². The van der Waals surface area contributed by atoms with Gasteiger partial charge < -0.3 is 19.4 Å². The molecule has 6 aromatic rings. The van der Waals surface area contributed by atoms with Crippen LogP contribution in [-0.4, -0.2) is 15.9 Å². The molecule has 0 spiro atoms. The van der Waals surface area contributed by atoms with E-state index in [2.05, 4.69) is 29.0 Å². The molecule has 0 aliphatic heterocycles. The molecule has 0 saturated heterocycles. The summed E-state index contributed by atoms with van der Waals surface area (Å²) >= 11 is 3.25. The number of carboxylic acid groups (broad SMARTS) is 1. The maximum atomic E-state index is 11.4. The van der Waals surface area contributed by atoms with Crippen LogP contribution in [0.1, 0.15) is 40.9 Å². The summed E-state index contributed by atoms with van der Waals surface area (Å²) in [5.41, 5.74) is 3.40. The van der Waals surface area contributed by atoms with E-state index in [9.17, 15) is 9.90 Å². The number of thiazole rings is 2. The van der Waals surface area contributed by atoms with E-state index >= 15 is 0 Å². The molecular weight excluding hydrogens is 575 g/mol. The molecule has 2 aromatic heterocycles. The van der Waals surface area contributed by atoms with Crippen molar-refractivity contribution in [1.82, 2.24) is 9.97 Å². The maximum Gasteiger partial charge on any atom is 1.00 e. The zero-order valence-electron chi connectivity index (χ0n) is 23.4. The average molecular weight is 603 g/mol. The second-order valence-electron chi connectivity index (χ2n) is 9.98. The number of carbonyl (C=O) groups excluding carboxylic acids is 1. The molecule has 9 heteroatoms. The van der Waals surface area contributed by atoms with Crippen molar-refractivity contribution in [3.8, 4) is 11.5 Å². The van der Waals surface area contributed by atoms with Gasteiger partial charge in [-0.15, -0.1) is 22.7 Å². The van der Waals surface area contributed by atoms with Crippen molar-refractivity contribution in [1.29, 1.82) is 0 Å². The first kappa shape index (κ1) is 30.2. The first-order valence-electron chi connectivity index (χ1n) is 13.3. The summed E-state index contributed by atoms with van der Waals surface area (Å²) in [5.74, 6) is 0.394. The molecule has 0 atom stereocenters. The second-order valence-corrected chi connectivity index (χ2v) is 12.2. The Kier molecular flexibility index (Phi) is 9.60. The van der Waals surface area contributed by atoms with Gasteiger partial charge in [0.15, 0.2) is 0 Å². The van der Waals surface area contributed by atoms with Crippen LogP contribution in [0.15, 0.2) is 97.1 Å². The third-order valence-corrected chi connectivity index (χ3v) is 9.23. The van der Waals surface area contributed by atoms with Crippen molar-refractivity contribution in [2.75, 3.05) is 0 Å². The standard InChI is InChI=1S/C33H28N2O4S2.Na/c1-33(19-18-32(36)37,22-10-14-24(15-11-22)38-20-30-34-26-6-2-4-8-28(26)40-30)23-12-16-25(17-13-23)39-21-31-35-27-7-3-5-9-29(27)41-31;/h2-17H,18-21H2,1H3,(H,36,37);/q;+1/p-1. The van der Waals surface area contributed by atoms with Crippen molar-refractivity contribution in [2.45, 2.75) is 38.4 Å². The Morgan fingerprint density at radius 1 is 0.714 bits per heavy atom. The van der Waals surface area contributed by atoms with Crippen LogP contribution in [0.25, 0.3) is 20.4 Å². The van der Waals surface area contributed by atoms with Gasteiger partial charge in [0, 0.05) is 11.4 Å². The number of ether oxygens (including phenoxy) is 2. The molecule has 0 bridgehead atoms. The molecule has 6 nitrogen and oxygen atoms in total. The quantitative estimate of drug-likeness (QED) is 0.209. The third kappa shape index (κ3) is 6.85. The SMILES string of the molecule is CC(CCC(=O)[O-])(c1ccc(OCc2nc3ccccc3s2)cc1)c1ccc(OCc2nc3ccccc3s2)cc1.[Na+]. The van der Waals surface area contributed by atoms with E-state index < -0.39 is 11.4 Å². The van der Waals surface area contributed by atoms with Crippen LogP contribution in [0.5, 0.6) is 11.5 Å². The Hall–Kier alpha value is -3.27. The third-order valence-electron chi connectivity index (χ3n) is 7.21. The smallest absolute Gasteiger partial charge is 0.550 e. The number of para-hydroxylation sites is 2. The molecule has 0 radical (unpaired) electrons. The van der Waals surface area contributed by atoms with Gasteiger partial charge >= 0.3 is 29.6 Å². The van der Waals surface area contributed by atoms with Crippen molar-refractivity contribution in [3.63, 3.8) is 0 Å². The van der Waals surface area contributed by atoms with Gasteiger partial charge in [-0.1, -0.05) is 55.5 Å². The van der Waals surface area contributed by atoms with E-state index in [1.54, 1.807) is 22.7 Å². The number of rotatable bonds is 11. The number of nitrogens with zero attached hydrogens (tertiary/aromatic N) is 2. The van der Waals surface area contributed by atoms with Crippen LogP contribution in [0.3, 0.4) is 0 Å². The largest absolute Gasteiger partial charge is 1.00 e. The number of aliphatic carboxylic acids is 1. The molecule has 0 fully saturated rings. The van der Waals surface area contributed by atoms with Gasteiger partial charge in [-0.3, -0.25) is 0 Å². The van der Waals surface area contributed by atoms with E-state index in [1.807, 2.05) is 84.9 Å². The number of aromatic nitrogens is 2. The Balaban J connectivity index is 0.00000353.